The Labute approximate surface area is 200 Å². The van der Waals surface area contributed by atoms with Crippen molar-refractivity contribution in [2.45, 2.75) is 37.1 Å². The molecule has 0 unspecified atom stereocenters. The van der Waals surface area contributed by atoms with Gasteiger partial charge in [0.25, 0.3) is 5.92 Å². The Bertz CT molecular complexity index is 1120. The van der Waals surface area contributed by atoms with Gasteiger partial charge in [0.2, 0.25) is 5.91 Å². The Balaban J connectivity index is 1.19. The summed E-state index contributed by atoms with van der Waals surface area (Å²) in [5.74, 6) is -8.63. The lowest BCUT2D eigenvalue weighted by atomic mass is 9.98. The summed E-state index contributed by atoms with van der Waals surface area (Å²) in [6.45, 7) is -0.372. The quantitative estimate of drug-likeness (QED) is 0.503. The molecule has 35 heavy (non-hydrogen) atoms. The van der Waals surface area contributed by atoms with Gasteiger partial charge in [-0.15, -0.1) is 0 Å². The Kier molecular flexibility index (Phi) is 5.94. The average molecular weight is 484 g/mol. The van der Waals surface area contributed by atoms with Crippen molar-refractivity contribution in [2.75, 3.05) is 13.2 Å². The van der Waals surface area contributed by atoms with Crippen LogP contribution in [0.25, 0.3) is 11.1 Å². The number of halogens is 2. The second kappa shape index (κ2) is 8.94. The zero-order chi connectivity index (χ0) is 24.7. The second-order valence-corrected chi connectivity index (χ2v) is 9.54. The molecule has 2 saturated carbocycles. The van der Waals surface area contributed by atoms with E-state index in [-0.39, 0.29) is 18.4 Å². The highest BCUT2D eigenvalue weighted by atomic mass is 19.3. The summed E-state index contributed by atoms with van der Waals surface area (Å²) in [7, 11) is 0. The zero-order valence-electron chi connectivity index (χ0n) is 18.9. The number of fused-ring (bicyclic) bond motifs is 3. The minimum Gasteiger partial charge on any atom is -0.481 e. The zero-order valence-corrected chi connectivity index (χ0v) is 18.9. The standard InChI is InChI=1S/C26H26F2N2O5/c27-26(28)20(22(26)24(32)33)12-29-23(31)21(11-14-9-10-14)30-25(34)35-13-19-17-7-3-1-5-15(17)16-6-2-4-8-18(16)19/h1-8,14,19-22H,9-13H2,(H,29,31)(H,30,34)(H,32,33)/t20-,21-,22-/m0/s1. The van der Waals surface area contributed by atoms with Crippen LogP contribution in [0.4, 0.5) is 13.6 Å². The van der Waals surface area contributed by atoms with E-state index in [4.69, 9.17) is 9.84 Å². The van der Waals surface area contributed by atoms with E-state index in [0.717, 1.165) is 35.1 Å². The fourth-order valence-electron chi connectivity index (χ4n) is 5.02. The number of amides is 2. The summed E-state index contributed by atoms with van der Waals surface area (Å²) >= 11 is 0. The van der Waals surface area contributed by atoms with Crippen LogP contribution in [0.15, 0.2) is 48.5 Å². The molecule has 0 radical (unpaired) electrons. The second-order valence-electron chi connectivity index (χ2n) is 9.54. The van der Waals surface area contributed by atoms with Gasteiger partial charge in [0.05, 0.1) is 5.92 Å². The van der Waals surface area contributed by atoms with E-state index in [1.807, 2.05) is 48.5 Å². The van der Waals surface area contributed by atoms with Gasteiger partial charge >= 0.3 is 12.1 Å². The number of hydrogen-bond acceptors (Lipinski definition) is 4. The van der Waals surface area contributed by atoms with Gasteiger partial charge in [0.1, 0.15) is 18.6 Å². The maximum atomic E-state index is 13.6. The van der Waals surface area contributed by atoms with Crippen molar-refractivity contribution < 1.29 is 33.0 Å². The number of rotatable bonds is 9. The molecule has 2 fully saturated rings. The van der Waals surface area contributed by atoms with Gasteiger partial charge in [-0.1, -0.05) is 61.4 Å². The van der Waals surface area contributed by atoms with Crippen LogP contribution in [-0.4, -0.2) is 48.2 Å². The first-order valence-corrected chi connectivity index (χ1v) is 11.8. The van der Waals surface area contributed by atoms with Crippen LogP contribution in [0, 0.1) is 17.8 Å². The van der Waals surface area contributed by atoms with Crippen molar-refractivity contribution in [2.24, 2.45) is 17.8 Å². The fourth-order valence-corrected chi connectivity index (χ4v) is 5.02. The van der Waals surface area contributed by atoms with Gasteiger partial charge in [0.15, 0.2) is 0 Å². The third kappa shape index (κ3) is 4.59. The predicted molar refractivity (Wildman–Crippen MR) is 122 cm³/mol. The number of alkyl carbamates (subject to hydrolysis) is 1. The first-order chi connectivity index (χ1) is 16.8. The van der Waals surface area contributed by atoms with Gasteiger partial charge in [0, 0.05) is 12.5 Å². The Morgan fingerprint density at radius 2 is 1.63 bits per heavy atom. The molecule has 0 aromatic heterocycles. The van der Waals surface area contributed by atoms with Crippen molar-refractivity contribution in [3.05, 3.63) is 59.7 Å². The molecule has 3 aliphatic rings. The van der Waals surface area contributed by atoms with E-state index in [1.54, 1.807) is 0 Å². The first-order valence-electron chi connectivity index (χ1n) is 11.8. The predicted octanol–water partition coefficient (Wildman–Crippen LogP) is 3.78. The molecule has 3 atom stereocenters. The van der Waals surface area contributed by atoms with E-state index < -0.39 is 48.3 Å². The maximum absolute atomic E-state index is 13.6. The highest BCUT2D eigenvalue weighted by molar-refractivity contribution is 5.86. The average Bonchev–Trinajstić information content (AvgIpc) is 3.71. The summed E-state index contributed by atoms with van der Waals surface area (Å²) < 4.78 is 32.8. The molecule has 3 N–H and O–H groups in total. The third-order valence-electron chi connectivity index (χ3n) is 7.18. The normalized spacial score (nSPS) is 22.5. The molecule has 0 heterocycles. The molecule has 2 amide bonds. The summed E-state index contributed by atoms with van der Waals surface area (Å²) in [5, 5.41) is 13.9. The number of carboxylic acid groups (broad SMARTS) is 1. The van der Waals surface area contributed by atoms with Crippen molar-refractivity contribution in [3.8, 4) is 11.1 Å². The van der Waals surface area contributed by atoms with Gasteiger partial charge in [-0.05, 0) is 34.6 Å². The van der Waals surface area contributed by atoms with E-state index in [1.165, 1.54) is 0 Å². The molecule has 9 heteroatoms. The highest BCUT2D eigenvalue weighted by Gasteiger charge is 2.72. The molecule has 2 aromatic carbocycles. The van der Waals surface area contributed by atoms with Crippen molar-refractivity contribution in [1.29, 1.82) is 0 Å². The van der Waals surface area contributed by atoms with Crippen LogP contribution in [0.2, 0.25) is 0 Å². The van der Waals surface area contributed by atoms with Gasteiger partial charge < -0.3 is 20.5 Å². The Morgan fingerprint density at radius 3 is 2.17 bits per heavy atom. The van der Waals surface area contributed by atoms with Crippen molar-refractivity contribution >= 4 is 18.0 Å². The summed E-state index contributed by atoms with van der Waals surface area (Å²) in [4.78, 5) is 36.2. The molecule has 2 aromatic rings. The maximum Gasteiger partial charge on any atom is 0.407 e. The largest absolute Gasteiger partial charge is 0.481 e. The first kappa shape index (κ1) is 23.3. The number of carbonyl (C=O) groups excluding carboxylic acids is 2. The number of benzene rings is 2. The van der Waals surface area contributed by atoms with Gasteiger partial charge in [-0.25, -0.2) is 13.6 Å². The third-order valence-corrected chi connectivity index (χ3v) is 7.18. The smallest absolute Gasteiger partial charge is 0.407 e. The lowest BCUT2D eigenvalue weighted by Crippen LogP contribution is -2.48. The molecule has 0 saturated heterocycles. The fraction of sp³-hybridized carbons (Fsp3) is 0.423. The molecular weight excluding hydrogens is 458 g/mol. The van der Waals surface area contributed by atoms with Crippen LogP contribution in [0.1, 0.15) is 36.3 Å². The minimum atomic E-state index is -3.34. The van der Waals surface area contributed by atoms with Crippen LogP contribution in [0.5, 0.6) is 0 Å². The summed E-state index contributed by atoms with van der Waals surface area (Å²) in [5.41, 5.74) is 4.32. The van der Waals surface area contributed by atoms with Crippen molar-refractivity contribution in [3.63, 3.8) is 0 Å². The van der Waals surface area contributed by atoms with Gasteiger partial charge in [-0.3, -0.25) is 9.59 Å². The molecule has 5 rings (SSSR count). The Hall–Kier alpha value is -3.49. The number of aliphatic carboxylic acids is 1. The van der Waals surface area contributed by atoms with Crippen LogP contribution >= 0.6 is 0 Å². The SMILES string of the molecule is O=C(N[C@@H](CC1CC1)C(=O)NC[C@H]1[C@@H](C(=O)O)C1(F)F)OCC1c2ccccc2-c2ccccc21. The summed E-state index contributed by atoms with van der Waals surface area (Å²) in [6.07, 6.45) is 1.47. The van der Waals surface area contributed by atoms with E-state index in [2.05, 4.69) is 10.6 Å². The minimum absolute atomic E-state index is 0.0895. The van der Waals surface area contributed by atoms with Crippen LogP contribution in [0.3, 0.4) is 0 Å². The van der Waals surface area contributed by atoms with Crippen LogP contribution in [-0.2, 0) is 14.3 Å². The number of alkyl halides is 2. The van der Waals surface area contributed by atoms with E-state index in [0.29, 0.717) is 6.42 Å². The number of nitrogens with one attached hydrogen (secondary N) is 2. The molecule has 7 nitrogen and oxygen atoms in total. The molecule has 0 aliphatic heterocycles. The number of ether oxygens (including phenoxy) is 1. The van der Waals surface area contributed by atoms with Crippen LogP contribution < -0.4 is 10.6 Å². The van der Waals surface area contributed by atoms with E-state index >= 15 is 0 Å². The molecule has 184 valence electrons. The highest BCUT2D eigenvalue weighted by Crippen LogP contribution is 2.55. The molecule has 0 bridgehead atoms. The lowest BCUT2D eigenvalue weighted by Gasteiger charge is -2.19. The topological polar surface area (TPSA) is 105 Å². The summed E-state index contributed by atoms with van der Waals surface area (Å²) in [6, 6.07) is 14.9. The van der Waals surface area contributed by atoms with Gasteiger partial charge in [-0.2, -0.15) is 0 Å². The number of carbonyl (C=O) groups is 3. The molecular formula is C26H26F2N2O5. The van der Waals surface area contributed by atoms with Crippen molar-refractivity contribution in [1.82, 2.24) is 10.6 Å². The molecule has 3 aliphatic carbocycles. The lowest BCUT2D eigenvalue weighted by molar-refractivity contribution is -0.141. The number of hydrogen-bond donors (Lipinski definition) is 3. The number of carboxylic acids is 1. The molecule has 0 spiro atoms. The Morgan fingerprint density at radius 1 is 1.03 bits per heavy atom. The van der Waals surface area contributed by atoms with E-state index in [9.17, 15) is 23.2 Å². The monoisotopic (exact) mass is 484 g/mol.